The van der Waals surface area contributed by atoms with E-state index in [4.69, 9.17) is 9.15 Å². The Morgan fingerprint density at radius 3 is 2.36 bits per heavy atom. The van der Waals surface area contributed by atoms with Crippen molar-refractivity contribution in [1.29, 1.82) is 0 Å². The van der Waals surface area contributed by atoms with Crippen molar-refractivity contribution in [3.05, 3.63) is 77.7 Å². The molecule has 0 unspecified atom stereocenters. The third kappa shape index (κ3) is 3.73. The van der Waals surface area contributed by atoms with E-state index in [0.29, 0.717) is 19.4 Å². The van der Waals surface area contributed by atoms with E-state index in [1.807, 2.05) is 36.4 Å². The lowest BCUT2D eigenvalue weighted by Gasteiger charge is -2.20. The monoisotopic (exact) mass is 446 g/mol. The molecule has 1 fully saturated rings. The van der Waals surface area contributed by atoms with Gasteiger partial charge in [-0.15, -0.1) is 0 Å². The number of carbonyl (C=O) groups excluding carboxylic acids is 2. The highest BCUT2D eigenvalue weighted by Gasteiger charge is 2.37. The largest absolute Gasteiger partial charge is 0.480 e. The Hall–Kier alpha value is -4.07. The Kier molecular flexibility index (Phi) is 5.34. The Morgan fingerprint density at radius 2 is 1.70 bits per heavy atom. The second-order valence-electron chi connectivity index (χ2n) is 8.11. The number of carboxylic acids is 1. The zero-order chi connectivity index (χ0) is 22.9. The van der Waals surface area contributed by atoms with Gasteiger partial charge in [0, 0.05) is 18.5 Å². The van der Waals surface area contributed by atoms with Gasteiger partial charge in [-0.05, 0) is 35.1 Å². The minimum Gasteiger partial charge on any atom is -0.480 e. The van der Waals surface area contributed by atoms with E-state index in [1.54, 1.807) is 0 Å². The zero-order valence-corrected chi connectivity index (χ0v) is 17.7. The van der Waals surface area contributed by atoms with Crippen molar-refractivity contribution in [2.45, 2.75) is 24.8 Å². The van der Waals surface area contributed by atoms with Crippen LogP contribution in [0.1, 0.15) is 40.4 Å². The molecule has 5 rings (SSSR count). The Balaban J connectivity index is 1.28. The molecule has 0 spiro atoms. The van der Waals surface area contributed by atoms with Gasteiger partial charge in [0.25, 0.3) is 5.91 Å². The number of anilines is 1. The molecule has 2 aliphatic rings. The summed E-state index contributed by atoms with van der Waals surface area (Å²) < 4.78 is 10.8. The van der Waals surface area contributed by atoms with Crippen LogP contribution in [0.25, 0.3) is 11.1 Å². The number of rotatable bonds is 5. The van der Waals surface area contributed by atoms with Gasteiger partial charge in [-0.2, -0.15) is 0 Å². The van der Waals surface area contributed by atoms with Crippen LogP contribution in [-0.4, -0.2) is 47.2 Å². The number of fused-ring (bicyclic) bond motifs is 3. The van der Waals surface area contributed by atoms with Crippen LogP contribution in [-0.2, 0) is 9.53 Å². The molecule has 33 heavy (non-hydrogen) atoms. The molecule has 168 valence electrons. The number of aliphatic carboxylic acids is 1. The minimum atomic E-state index is -1.06. The summed E-state index contributed by atoms with van der Waals surface area (Å²) in [5.41, 5.74) is 4.60. The third-order valence-electron chi connectivity index (χ3n) is 6.24. The zero-order valence-electron chi connectivity index (χ0n) is 17.7. The van der Waals surface area contributed by atoms with Crippen LogP contribution in [0.5, 0.6) is 0 Å². The molecule has 2 aromatic carbocycles. The lowest BCUT2D eigenvalue weighted by atomic mass is 9.98. The summed E-state index contributed by atoms with van der Waals surface area (Å²) in [6.07, 6.45) is 1.54. The summed E-state index contributed by atoms with van der Waals surface area (Å²) in [4.78, 5) is 38.1. The number of carboxylic acid groups (broad SMARTS) is 1. The molecule has 2 amide bonds. The van der Waals surface area contributed by atoms with Crippen LogP contribution >= 0.6 is 0 Å². The molecule has 1 saturated heterocycles. The van der Waals surface area contributed by atoms with Crippen molar-refractivity contribution >= 4 is 23.7 Å². The number of likely N-dealkylation sites (tertiary alicyclic amines) is 1. The Labute approximate surface area is 189 Å². The fraction of sp³-hybridized carbons (Fsp3) is 0.240. The first-order chi connectivity index (χ1) is 16.0. The standard InChI is InChI=1S/C25H22N2O6/c28-23(27-12-5-10-21(27)24(29)30)22-20(11-13-32-22)26-25(31)33-14-19-17-8-3-1-6-15(17)16-7-2-4-9-18(16)19/h1-4,6-9,11,13,19,21H,5,10,12,14H2,(H,26,31)(H,29,30)/t21-/m0/s1. The maximum absolute atomic E-state index is 12.8. The van der Waals surface area contributed by atoms with Gasteiger partial charge < -0.3 is 19.2 Å². The maximum atomic E-state index is 12.8. The number of ether oxygens (including phenoxy) is 1. The molecular weight excluding hydrogens is 424 g/mol. The summed E-state index contributed by atoms with van der Waals surface area (Å²) in [5, 5.41) is 11.9. The van der Waals surface area contributed by atoms with Gasteiger partial charge in [-0.1, -0.05) is 48.5 Å². The summed E-state index contributed by atoms with van der Waals surface area (Å²) in [5.74, 6) is -1.83. The van der Waals surface area contributed by atoms with Crippen LogP contribution in [0.3, 0.4) is 0 Å². The number of hydrogen-bond donors (Lipinski definition) is 2. The molecule has 0 bridgehead atoms. The molecule has 1 aliphatic heterocycles. The highest BCUT2D eigenvalue weighted by molar-refractivity contribution is 6.01. The number of benzene rings is 2. The lowest BCUT2D eigenvalue weighted by molar-refractivity contribution is -0.141. The van der Waals surface area contributed by atoms with Crippen molar-refractivity contribution in [3.63, 3.8) is 0 Å². The third-order valence-corrected chi connectivity index (χ3v) is 6.24. The van der Waals surface area contributed by atoms with E-state index in [2.05, 4.69) is 17.4 Å². The smallest absolute Gasteiger partial charge is 0.411 e. The Bertz CT molecular complexity index is 1190. The predicted octanol–water partition coefficient (Wildman–Crippen LogP) is 4.33. The molecule has 2 N–H and O–H groups in total. The van der Waals surface area contributed by atoms with Crippen LogP contribution in [0.4, 0.5) is 10.5 Å². The first-order valence-corrected chi connectivity index (χ1v) is 10.8. The molecule has 1 atom stereocenters. The quantitative estimate of drug-likeness (QED) is 0.604. The molecule has 8 nitrogen and oxygen atoms in total. The minimum absolute atomic E-state index is 0.0884. The average Bonchev–Trinajstić information content (AvgIpc) is 3.55. The van der Waals surface area contributed by atoms with Crippen LogP contribution in [0.2, 0.25) is 0 Å². The summed E-state index contributed by atoms with van der Waals surface area (Å²) >= 11 is 0. The van der Waals surface area contributed by atoms with Crippen molar-refractivity contribution < 1.29 is 28.6 Å². The number of amides is 2. The molecule has 0 saturated carbocycles. The second-order valence-corrected chi connectivity index (χ2v) is 8.11. The SMILES string of the molecule is O=C(Nc1ccoc1C(=O)N1CCC[C@H]1C(=O)O)OCC1c2ccccc2-c2ccccc21. The number of nitrogens with one attached hydrogen (secondary N) is 1. The van der Waals surface area contributed by atoms with Crippen LogP contribution < -0.4 is 5.32 Å². The summed E-state index contributed by atoms with van der Waals surface area (Å²) in [7, 11) is 0. The molecule has 8 heteroatoms. The van der Waals surface area contributed by atoms with E-state index in [9.17, 15) is 19.5 Å². The molecule has 1 aliphatic carbocycles. The van der Waals surface area contributed by atoms with Gasteiger partial charge >= 0.3 is 12.1 Å². The van der Waals surface area contributed by atoms with E-state index in [-0.39, 0.29) is 24.0 Å². The van der Waals surface area contributed by atoms with Crippen molar-refractivity contribution in [2.75, 3.05) is 18.5 Å². The van der Waals surface area contributed by atoms with Crippen LogP contribution in [0, 0.1) is 0 Å². The van der Waals surface area contributed by atoms with Gasteiger partial charge in [-0.25, -0.2) is 9.59 Å². The number of hydrogen-bond acceptors (Lipinski definition) is 5. The van der Waals surface area contributed by atoms with E-state index >= 15 is 0 Å². The van der Waals surface area contributed by atoms with Crippen molar-refractivity contribution in [1.82, 2.24) is 4.90 Å². The predicted molar refractivity (Wildman–Crippen MR) is 119 cm³/mol. The van der Waals surface area contributed by atoms with E-state index in [1.165, 1.54) is 17.2 Å². The lowest BCUT2D eigenvalue weighted by Crippen LogP contribution is -2.40. The molecule has 1 aromatic heterocycles. The summed E-state index contributed by atoms with van der Waals surface area (Å²) in [6, 6.07) is 16.6. The molecule has 3 aromatic rings. The molecule has 2 heterocycles. The normalized spacial score (nSPS) is 16.8. The summed E-state index contributed by atoms with van der Waals surface area (Å²) in [6.45, 7) is 0.453. The van der Waals surface area contributed by atoms with Crippen LogP contribution in [0.15, 0.2) is 65.3 Å². The molecular formula is C25H22N2O6. The van der Waals surface area contributed by atoms with Crippen molar-refractivity contribution in [2.24, 2.45) is 0 Å². The first kappa shape index (κ1) is 20.8. The number of carbonyl (C=O) groups is 3. The fourth-order valence-electron chi connectivity index (χ4n) is 4.71. The Morgan fingerprint density at radius 1 is 1.03 bits per heavy atom. The van der Waals surface area contributed by atoms with E-state index < -0.39 is 24.0 Å². The van der Waals surface area contributed by atoms with Gasteiger partial charge in [-0.3, -0.25) is 10.1 Å². The molecule has 0 radical (unpaired) electrons. The van der Waals surface area contributed by atoms with E-state index in [0.717, 1.165) is 22.3 Å². The second kappa shape index (κ2) is 8.46. The highest BCUT2D eigenvalue weighted by Crippen LogP contribution is 2.44. The highest BCUT2D eigenvalue weighted by atomic mass is 16.5. The van der Waals surface area contributed by atoms with Gasteiger partial charge in [0.1, 0.15) is 12.6 Å². The number of nitrogens with zero attached hydrogens (tertiary/aromatic N) is 1. The van der Waals surface area contributed by atoms with Gasteiger partial charge in [0.05, 0.1) is 12.0 Å². The number of furan rings is 1. The van der Waals surface area contributed by atoms with Crippen molar-refractivity contribution in [3.8, 4) is 11.1 Å². The average molecular weight is 446 g/mol. The van der Waals surface area contributed by atoms with Gasteiger partial charge in [0.15, 0.2) is 0 Å². The first-order valence-electron chi connectivity index (χ1n) is 10.8. The topological polar surface area (TPSA) is 109 Å². The fourth-order valence-corrected chi connectivity index (χ4v) is 4.71. The maximum Gasteiger partial charge on any atom is 0.411 e. The van der Waals surface area contributed by atoms with Gasteiger partial charge in [0.2, 0.25) is 5.76 Å².